The third kappa shape index (κ3) is 5.18. The molecule has 8 heteroatoms. The first-order chi connectivity index (χ1) is 15.9. The smallest absolute Gasteiger partial charge is 0.251 e. The quantitative estimate of drug-likeness (QED) is 0.540. The van der Waals surface area contributed by atoms with Crippen LogP contribution in [0.4, 0.5) is 17.3 Å². The van der Waals surface area contributed by atoms with E-state index in [9.17, 15) is 9.59 Å². The van der Waals surface area contributed by atoms with Gasteiger partial charge in [0.2, 0.25) is 11.9 Å². The molecule has 33 heavy (non-hydrogen) atoms. The zero-order chi connectivity index (χ0) is 23.4. The van der Waals surface area contributed by atoms with Crippen molar-refractivity contribution in [3.63, 3.8) is 0 Å². The van der Waals surface area contributed by atoms with Crippen LogP contribution in [0.5, 0.6) is 0 Å². The Balaban J connectivity index is 1.48. The number of fused-ring (bicyclic) bond motifs is 3. The SMILES string of the molecule is CC(C)OCCNC(=O)c1ccc(Nc2ncc3c(n2)-c2ccccc2N(C)C(=O)C3)cc1. The molecule has 2 amide bonds. The summed E-state index contributed by atoms with van der Waals surface area (Å²) in [5.41, 5.74) is 4.55. The van der Waals surface area contributed by atoms with Gasteiger partial charge in [0.1, 0.15) is 0 Å². The average molecular weight is 446 g/mol. The number of benzene rings is 2. The van der Waals surface area contributed by atoms with Gasteiger partial charge in [0, 0.05) is 42.2 Å². The normalized spacial score (nSPS) is 12.7. The van der Waals surface area contributed by atoms with Crippen LogP contribution in [0.15, 0.2) is 54.7 Å². The van der Waals surface area contributed by atoms with Crippen LogP contribution in [0.25, 0.3) is 11.3 Å². The molecule has 0 saturated heterocycles. The maximum absolute atomic E-state index is 12.5. The fourth-order valence-electron chi connectivity index (χ4n) is 3.61. The maximum Gasteiger partial charge on any atom is 0.251 e. The second-order valence-corrected chi connectivity index (χ2v) is 8.09. The number of hydrogen-bond acceptors (Lipinski definition) is 6. The van der Waals surface area contributed by atoms with Crippen molar-refractivity contribution in [3.05, 3.63) is 65.9 Å². The second-order valence-electron chi connectivity index (χ2n) is 8.09. The first kappa shape index (κ1) is 22.4. The third-order valence-corrected chi connectivity index (χ3v) is 5.34. The number of hydrogen-bond donors (Lipinski definition) is 2. The number of aromatic nitrogens is 2. The molecule has 2 N–H and O–H groups in total. The molecule has 0 bridgehead atoms. The molecule has 170 valence electrons. The molecule has 1 aromatic heterocycles. The summed E-state index contributed by atoms with van der Waals surface area (Å²) in [5.74, 6) is 0.263. The summed E-state index contributed by atoms with van der Waals surface area (Å²) in [5, 5.41) is 6.03. The molecule has 1 aliphatic rings. The maximum atomic E-state index is 12.5. The molecule has 0 fully saturated rings. The van der Waals surface area contributed by atoms with Crippen LogP contribution in [0.3, 0.4) is 0 Å². The van der Waals surface area contributed by atoms with Gasteiger partial charge in [0.25, 0.3) is 5.91 Å². The number of nitrogens with one attached hydrogen (secondary N) is 2. The van der Waals surface area contributed by atoms with E-state index in [2.05, 4.69) is 15.6 Å². The molecular weight excluding hydrogens is 418 g/mol. The van der Waals surface area contributed by atoms with Gasteiger partial charge in [-0.25, -0.2) is 9.97 Å². The number of amides is 2. The van der Waals surface area contributed by atoms with Crippen molar-refractivity contribution >= 4 is 29.1 Å². The number of anilines is 3. The highest BCUT2D eigenvalue weighted by Crippen LogP contribution is 2.35. The van der Waals surface area contributed by atoms with Gasteiger partial charge in [-0.05, 0) is 44.2 Å². The minimum Gasteiger partial charge on any atom is -0.377 e. The summed E-state index contributed by atoms with van der Waals surface area (Å²) in [7, 11) is 1.77. The molecule has 4 rings (SSSR count). The second kappa shape index (κ2) is 9.79. The van der Waals surface area contributed by atoms with Crippen LogP contribution in [-0.4, -0.2) is 48.1 Å². The largest absolute Gasteiger partial charge is 0.377 e. The first-order valence-corrected chi connectivity index (χ1v) is 10.9. The number of para-hydroxylation sites is 1. The fourth-order valence-corrected chi connectivity index (χ4v) is 3.61. The molecule has 2 aromatic carbocycles. The molecular formula is C25H27N5O3. The van der Waals surface area contributed by atoms with E-state index < -0.39 is 0 Å². The van der Waals surface area contributed by atoms with E-state index >= 15 is 0 Å². The summed E-state index contributed by atoms with van der Waals surface area (Å²) in [6, 6.07) is 14.8. The number of carbonyl (C=O) groups is 2. The monoisotopic (exact) mass is 445 g/mol. The van der Waals surface area contributed by atoms with Crippen molar-refractivity contribution in [2.24, 2.45) is 0 Å². The highest BCUT2D eigenvalue weighted by Gasteiger charge is 2.24. The summed E-state index contributed by atoms with van der Waals surface area (Å²) < 4.78 is 5.43. The van der Waals surface area contributed by atoms with Crippen molar-refractivity contribution in [1.29, 1.82) is 0 Å². The molecule has 3 aromatic rings. The first-order valence-electron chi connectivity index (χ1n) is 10.9. The topological polar surface area (TPSA) is 96.4 Å². The van der Waals surface area contributed by atoms with Crippen molar-refractivity contribution in [3.8, 4) is 11.3 Å². The Morgan fingerprint density at radius 2 is 1.91 bits per heavy atom. The fraction of sp³-hybridized carbons (Fsp3) is 0.280. The van der Waals surface area contributed by atoms with Crippen LogP contribution < -0.4 is 15.5 Å². The van der Waals surface area contributed by atoms with Crippen LogP contribution in [0.1, 0.15) is 29.8 Å². The molecule has 1 aliphatic heterocycles. The molecule has 0 spiro atoms. The number of nitrogens with zero attached hydrogens (tertiary/aromatic N) is 3. The van der Waals surface area contributed by atoms with Gasteiger partial charge in [0.15, 0.2) is 0 Å². The highest BCUT2D eigenvalue weighted by atomic mass is 16.5. The van der Waals surface area contributed by atoms with Crippen molar-refractivity contribution in [1.82, 2.24) is 15.3 Å². The van der Waals surface area contributed by atoms with Gasteiger partial charge in [-0.3, -0.25) is 9.59 Å². The van der Waals surface area contributed by atoms with Crippen molar-refractivity contribution < 1.29 is 14.3 Å². The Labute approximate surface area is 193 Å². The van der Waals surface area contributed by atoms with Gasteiger partial charge in [-0.15, -0.1) is 0 Å². The van der Waals surface area contributed by atoms with Crippen molar-refractivity contribution in [2.75, 3.05) is 30.4 Å². The number of ether oxygens (including phenoxy) is 1. The molecule has 0 unspecified atom stereocenters. The summed E-state index contributed by atoms with van der Waals surface area (Å²) >= 11 is 0. The Hall–Kier alpha value is -3.78. The van der Waals surface area contributed by atoms with Crippen LogP contribution in [0.2, 0.25) is 0 Å². The molecule has 0 radical (unpaired) electrons. The van der Waals surface area contributed by atoms with Gasteiger partial charge >= 0.3 is 0 Å². The molecule has 0 aliphatic carbocycles. The van der Waals surface area contributed by atoms with Gasteiger partial charge in [0.05, 0.1) is 30.5 Å². The van der Waals surface area contributed by atoms with Gasteiger partial charge in [-0.1, -0.05) is 18.2 Å². The zero-order valence-corrected chi connectivity index (χ0v) is 19.0. The number of carbonyl (C=O) groups excluding carboxylic acids is 2. The third-order valence-electron chi connectivity index (χ3n) is 5.34. The standard InChI is InChI=1S/C25H27N5O3/c1-16(2)33-13-12-26-24(32)17-8-10-19(11-9-17)28-25-27-15-18-14-22(31)30(3)21-7-5-4-6-20(21)23(18)29-25/h4-11,15-16H,12-14H2,1-3H3,(H,26,32)(H,27,28,29). The van der Waals surface area contributed by atoms with Gasteiger partial charge < -0.3 is 20.3 Å². The highest BCUT2D eigenvalue weighted by molar-refractivity contribution is 6.01. The van der Waals surface area contributed by atoms with E-state index in [1.54, 1.807) is 42.4 Å². The van der Waals surface area contributed by atoms with Crippen LogP contribution in [-0.2, 0) is 16.0 Å². The number of rotatable bonds is 7. The average Bonchev–Trinajstić information content (AvgIpc) is 2.92. The Bertz CT molecular complexity index is 1160. The Kier molecular flexibility index (Phi) is 6.65. The van der Waals surface area contributed by atoms with Gasteiger partial charge in [-0.2, -0.15) is 0 Å². The lowest BCUT2D eigenvalue weighted by Gasteiger charge is -2.16. The number of likely N-dealkylation sites (N-methyl/N-ethyl adjacent to an activating group) is 1. The van der Waals surface area contributed by atoms with E-state index in [4.69, 9.17) is 9.72 Å². The summed E-state index contributed by atoms with van der Waals surface area (Å²) in [6.07, 6.45) is 2.07. The molecule has 2 heterocycles. The summed E-state index contributed by atoms with van der Waals surface area (Å²) in [6.45, 7) is 4.85. The minimum atomic E-state index is -0.152. The van der Waals surface area contributed by atoms with Crippen LogP contribution in [0, 0.1) is 0 Å². The Morgan fingerprint density at radius 3 is 2.67 bits per heavy atom. The molecule has 8 nitrogen and oxygen atoms in total. The predicted octanol–water partition coefficient (Wildman–Crippen LogP) is 3.56. The van der Waals surface area contributed by atoms with Crippen LogP contribution >= 0.6 is 0 Å². The molecule has 0 saturated carbocycles. The predicted molar refractivity (Wildman–Crippen MR) is 128 cm³/mol. The lowest BCUT2D eigenvalue weighted by molar-refractivity contribution is -0.117. The zero-order valence-electron chi connectivity index (χ0n) is 19.0. The van der Waals surface area contributed by atoms with E-state index in [1.165, 1.54) is 0 Å². The van der Waals surface area contributed by atoms with E-state index in [0.717, 1.165) is 28.2 Å². The van der Waals surface area contributed by atoms with Crippen molar-refractivity contribution in [2.45, 2.75) is 26.4 Å². The lowest BCUT2D eigenvalue weighted by atomic mass is 10.1. The Morgan fingerprint density at radius 1 is 1.15 bits per heavy atom. The van der Waals surface area contributed by atoms with E-state index in [-0.39, 0.29) is 24.3 Å². The summed E-state index contributed by atoms with van der Waals surface area (Å²) in [4.78, 5) is 35.6. The molecule has 0 atom stereocenters. The van der Waals surface area contributed by atoms with E-state index in [0.29, 0.717) is 24.7 Å². The lowest BCUT2D eigenvalue weighted by Crippen LogP contribution is -2.28. The van der Waals surface area contributed by atoms with E-state index in [1.807, 2.05) is 38.1 Å². The minimum absolute atomic E-state index is 0.00450.